The van der Waals surface area contributed by atoms with Crippen LogP contribution in [0.4, 0.5) is 0 Å². The molecule has 0 spiro atoms. The first-order valence-corrected chi connectivity index (χ1v) is 5.74. The minimum atomic E-state index is -0.100. The molecule has 0 bridgehead atoms. The number of nitrogens with zero attached hydrogens (tertiary/aromatic N) is 3. The van der Waals surface area contributed by atoms with Crippen molar-refractivity contribution in [1.29, 1.82) is 0 Å². The van der Waals surface area contributed by atoms with Crippen molar-refractivity contribution in [3.8, 4) is 5.75 Å². The maximum atomic E-state index is 12.5. The first-order chi connectivity index (χ1) is 8.67. The third kappa shape index (κ3) is 2.11. The Bertz CT molecular complexity index is 554. The van der Waals surface area contributed by atoms with Crippen LogP contribution in [-0.2, 0) is 6.54 Å². The molecule has 18 heavy (non-hydrogen) atoms. The van der Waals surface area contributed by atoms with Crippen LogP contribution in [0.5, 0.6) is 5.75 Å². The lowest BCUT2D eigenvalue weighted by Gasteiger charge is -2.06. The molecule has 5 heteroatoms. The Hall–Kier alpha value is -2.17. The molecule has 0 unspecified atom stereocenters. The molecule has 2 heterocycles. The molecule has 0 aliphatic carbocycles. The molecule has 0 fully saturated rings. The van der Waals surface area contributed by atoms with Gasteiger partial charge in [0.05, 0.1) is 13.3 Å². The quantitative estimate of drug-likeness (QED) is 0.771. The van der Waals surface area contributed by atoms with Crippen molar-refractivity contribution in [3.05, 3.63) is 41.5 Å². The van der Waals surface area contributed by atoms with Gasteiger partial charge in [-0.15, -0.1) is 0 Å². The average molecular weight is 245 g/mol. The van der Waals surface area contributed by atoms with Gasteiger partial charge in [-0.1, -0.05) is 0 Å². The zero-order chi connectivity index (χ0) is 13.1. The highest BCUT2D eigenvalue weighted by atomic mass is 16.5. The number of ether oxygens (including phenoxy) is 1. The number of ketones is 1. The van der Waals surface area contributed by atoms with E-state index >= 15 is 0 Å². The van der Waals surface area contributed by atoms with Crippen molar-refractivity contribution in [2.24, 2.45) is 0 Å². The van der Waals surface area contributed by atoms with E-state index in [1.54, 1.807) is 29.2 Å². The van der Waals surface area contributed by atoms with Crippen molar-refractivity contribution in [2.45, 2.75) is 20.4 Å². The summed E-state index contributed by atoms with van der Waals surface area (Å²) in [5.41, 5.74) is 1.88. The Morgan fingerprint density at radius 1 is 1.50 bits per heavy atom. The van der Waals surface area contributed by atoms with Gasteiger partial charge in [0, 0.05) is 24.0 Å². The van der Waals surface area contributed by atoms with Crippen LogP contribution in [0.3, 0.4) is 0 Å². The number of carbonyl (C=O) groups is 1. The molecule has 0 radical (unpaired) electrons. The predicted molar refractivity (Wildman–Crippen MR) is 66.9 cm³/mol. The standard InChI is InChI=1S/C13H15N3O2/c1-4-16-12(11(18-3)8-15-16)13(17)10-5-6-14-9(2)7-10/h5-8H,4H2,1-3H3. The summed E-state index contributed by atoms with van der Waals surface area (Å²) in [5, 5.41) is 4.13. The number of rotatable bonds is 4. The van der Waals surface area contributed by atoms with Crippen molar-refractivity contribution >= 4 is 5.78 Å². The third-order valence-corrected chi connectivity index (χ3v) is 2.70. The molecule has 2 rings (SSSR count). The fraction of sp³-hybridized carbons (Fsp3) is 0.308. The minimum Gasteiger partial charge on any atom is -0.493 e. The summed E-state index contributed by atoms with van der Waals surface area (Å²) in [7, 11) is 1.53. The van der Waals surface area contributed by atoms with E-state index in [4.69, 9.17) is 4.74 Å². The Kier molecular flexibility index (Phi) is 3.41. The molecular formula is C13H15N3O2. The Labute approximate surface area is 105 Å². The van der Waals surface area contributed by atoms with Crippen molar-refractivity contribution < 1.29 is 9.53 Å². The van der Waals surface area contributed by atoms with Gasteiger partial charge in [0.2, 0.25) is 5.78 Å². The number of carbonyl (C=O) groups excluding carboxylic acids is 1. The largest absolute Gasteiger partial charge is 0.493 e. The highest BCUT2D eigenvalue weighted by molar-refractivity contribution is 6.09. The van der Waals surface area contributed by atoms with E-state index < -0.39 is 0 Å². The molecule has 2 aromatic rings. The lowest BCUT2D eigenvalue weighted by molar-refractivity contribution is 0.102. The van der Waals surface area contributed by atoms with E-state index in [0.717, 1.165) is 5.69 Å². The van der Waals surface area contributed by atoms with Crippen LogP contribution in [-0.4, -0.2) is 27.7 Å². The van der Waals surface area contributed by atoms with Crippen molar-refractivity contribution in [1.82, 2.24) is 14.8 Å². The van der Waals surface area contributed by atoms with Crippen LogP contribution in [0.25, 0.3) is 0 Å². The first kappa shape index (κ1) is 12.3. The summed E-state index contributed by atoms with van der Waals surface area (Å²) in [6.07, 6.45) is 3.19. The summed E-state index contributed by atoms with van der Waals surface area (Å²) >= 11 is 0. The molecule has 0 saturated carbocycles. The van der Waals surface area contributed by atoms with Gasteiger partial charge >= 0.3 is 0 Å². The maximum Gasteiger partial charge on any atom is 0.214 e. The number of hydrogen-bond donors (Lipinski definition) is 0. The summed E-state index contributed by atoms with van der Waals surface area (Å²) in [6, 6.07) is 3.45. The molecular weight excluding hydrogens is 230 g/mol. The highest BCUT2D eigenvalue weighted by Crippen LogP contribution is 2.21. The SMILES string of the molecule is CCn1ncc(OC)c1C(=O)c1ccnc(C)c1. The van der Waals surface area contributed by atoms with Crippen LogP contribution >= 0.6 is 0 Å². The first-order valence-electron chi connectivity index (χ1n) is 5.74. The lowest BCUT2D eigenvalue weighted by Crippen LogP contribution is -2.12. The molecule has 0 amide bonds. The lowest BCUT2D eigenvalue weighted by atomic mass is 10.1. The van der Waals surface area contributed by atoms with Crippen LogP contribution in [0.2, 0.25) is 0 Å². The molecule has 2 aromatic heterocycles. The van der Waals surface area contributed by atoms with Gasteiger partial charge in [-0.25, -0.2) is 0 Å². The zero-order valence-corrected chi connectivity index (χ0v) is 10.7. The second kappa shape index (κ2) is 5.00. The topological polar surface area (TPSA) is 57.0 Å². The Balaban J connectivity index is 2.48. The average Bonchev–Trinajstić information content (AvgIpc) is 2.80. The highest BCUT2D eigenvalue weighted by Gasteiger charge is 2.20. The molecule has 94 valence electrons. The van der Waals surface area contributed by atoms with Crippen molar-refractivity contribution in [2.75, 3.05) is 7.11 Å². The molecule has 0 aromatic carbocycles. The van der Waals surface area contributed by atoms with Crippen molar-refractivity contribution in [3.63, 3.8) is 0 Å². The normalized spacial score (nSPS) is 10.4. The van der Waals surface area contributed by atoms with E-state index in [1.807, 2.05) is 13.8 Å². The van der Waals surface area contributed by atoms with Gasteiger partial charge in [-0.3, -0.25) is 14.5 Å². The smallest absolute Gasteiger partial charge is 0.214 e. The number of aromatic nitrogens is 3. The Morgan fingerprint density at radius 2 is 2.28 bits per heavy atom. The van der Waals surface area contributed by atoms with Gasteiger partial charge in [0.1, 0.15) is 0 Å². The summed E-state index contributed by atoms with van der Waals surface area (Å²) in [4.78, 5) is 16.5. The zero-order valence-electron chi connectivity index (χ0n) is 10.7. The fourth-order valence-electron chi connectivity index (χ4n) is 1.81. The molecule has 0 N–H and O–H groups in total. The van der Waals surface area contributed by atoms with Crippen LogP contribution < -0.4 is 4.74 Å². The summed E-state index contributed by atoms with van der Waals surface area (Å²) in [5.74, 6) is 0.396. The monoisotopic (exact) mass is 245 g/mol. The van der Waals surface area contributed by atoms with Gasteiger partial charge in [-0.2, -0.15) is 5.10 Å². The molecule has 0 saturated heterocycles. The van der Waals surface area contributed by atoms with E-state index in [-0.39, 0.29) is 5.78 Å². The third-order valence-electron chi connectivity index (χ3n) is 2.70. The van der Waals surface area contributed by atoms with Gasteiger partial charge < -0.3 is 4.74 Å². The number of aryl methyl sites for hydroxylation is 2. The predicted octanol–water partition coefficient (Wildman–Crippen LogP) is 1.85. The number of methoxy groups -OCH3 is 1. The van der Waals surface area contributed by atoms with Gasteiger partial charge in [0.15, 0.2) is 11.4 Å². The minimum absolute atomic E-state index is 0.100. The van der Waals surface area contributed by atoms with E-state index in [1.165, 1.54) is 7.11 Å². The summed E-state index contributed by atoms with van der Waals surface area (Å²) in [6.45, 7) is 4.40. The van der Waals surface area contributed by atoms with Gasteiger partial charge in [0.25, 0.3) is 0 Å². The second-order valence-electron chi connectivity index (χ2n) is 3.89. The second-order valence-corrected chi connectivity index (χ2v) is 3.89. The van der Waals surface area contributed by atoms with Crippen LogP contribution in [0.1, 0.15) is 28.7 Å². The van der Waals surface area contributed by atoms with Gasteiger partial charge in [-0.05, 0) is 26.0 Å². The maximum absolute atomic E-state index is 12.5. The fourth-order valence-corrected chi connectivity index (χ4v) is 1.81. The molecule has 5 nitrogen and oxygen atoms in total. The Morgan fingerprint density at radius 3 is 2.89 bits per heavy atom. The molecule has 0 aliphatic rings. The van der Waals surface area contributed by atoms with Crippen LogP contribution in [0.15, 0.2) is 24.5 Å². The van der Waals surface area contributed by atoms with Crippen LogP contribution in [0, 0.1) is 6.92 Å². The van der Waals surface area contributed by atoms with E-state index in [9.17, 15) is 4.79 Å². The molecule has 0 aliphatic heterocycles. The molecule has 0 atom stereocenters. The van der Waals surface area contributed by atoms with E-state index in [0.29, 0.717) is 23.6 Å². The van der Waals surface area contributed by atoms with E-state index in [2.05, 4.69) is 10.1 Å². The number of hydrogen-bond acceptors (Lipinski definition) is 4. The summed E-state index contributed by atoms with van der Waals surface area (Å²) < 4.78 is 6.82. The number of pyridine rings is 1.